The minimum Gasteiger partial charge on any atom is -0.769 e. The molecule has 0 spiro atoms. The monoisotopic (exact) mass is 203 g/mol. The van der Waals surface area contributed by atoms with Crippen molar-refractivity contribution in [2.45, 2.75) is 51.9 Å². The van der Waals surface area contributed by atoms with E-state index in [1.165, 1.54) is 37.5 Å². The average molecular weight is 203 g/mol. The van der Waals surface area contributed by atoms with E-state index in [0.717, 1.165) is 12.8 Å². The van der Waals surface area contributed by atoms with Crippen LogP contribution in [0.2, 0.25) is 0 Å². The van der Waals surface area contributed by atoms with Gasteiger partial charge in [-0.15, -0.1) is 0 Å². The molecule has 0 aromatic heterocycles. The van der Waals surface area contributed by atoms with E-state index in [1.807, 2.05) is 0 Å². The van der Waals surface area contributed by atoms with E-state index in [2.05, 4.69) is 6.92 Å². The summed E-state index contributed by atoms with van der Waals surface area (Å²) in [6, 6.07) is 0. The minimum absolute atomic E-state index is 0.889. The van der Waals surface area contributed by atoms with E-state index in [0.29, 0.717) is 0 Å². The van der Waals surface area contributed by atoms with Crippen molar-refractivity contribution >= 4 is 11.1 Å². The molecule has 0 aliphatic carbocycles. The van der Waals surface area contributed by atoms with Crippen molar-refractivity contribution in [3.8, 4) is 0 Å². The summed E-state index contributed by atoms with van der Waals surface area (Å²) in [5, 5.41) is 1.23. The molecule has 0 N–H and O–H groups in total. The van der Waals surface area contributed by atoms with Gasteiger partial charge in [0.1, 0.15) is 0 Å². The Morgan fingerprint density at radius 3 is 2.38 bits per heavy atom. The molecule has 0 aliphatic heterocycles. The first-order valence-electron chi connectivity index (χ1n) is 5.02. The maximum absolute atomic E-state index is 10.1. The zero-order valence-electron chi connectivity index (χ0n) is 8.33. The summed E-state index contributed by atoms with van der Waals surface area (Å²) >= 11 is -2.01. The first-order valence-corrected chi connectivity index (χ1v) is 6.16. The first kappa shape index (κ1) is 12.8. The predicted molar refractivity (Wildman–Crippen MR) is 56.1 cm³/mol. The minimum atomic E-state index is -2.01. The lowest BCUT2D eigenvalue weighted by molar-refractivity contribution is 0.546. The van der Waals surface area contributed by atoms with Gasteiger partial charge in [-0.05, 0) is 29.3 Å². The van der Waals surface area contributed by atoms with Crippen LogP contribution >= 0.6 is 0 Å². The van der Waals surface area contributed by atoms with Crippen molar-refractivity contribution in [2.24, 2.45) is 0 Å². The molecule has 0 fully saturated rings. The van der Waals surface area contributed by atoms with Crippen LogP contribution in [-0.2, 0) is 11.1 Å². The summed E-state index contributed by atoms with van der Waals surface area (Å²) in [6.07, 6.45) is 10.1. The van der Waals surface area contributed by atoms with Crippen LogP contribution in [0.4, 0.5) is 0 Å². The lowest BCUT2D eigenvalue weighted by Gasteiger charge is -1.98. The lowest BCUT2D eigenvalue weighted by atomic mass is 10.1. The maximum atomic E-state index is 10.1. The zero-order valence-corrected chi connectivity index (χ0v) is 9.15. The van der Waals surface area contributed by atoms with Gasteiger partial charge in [0, 0.05) is 0 Å². The van der Waals surface area contributed by atoms with Crippen molar-refractivity contribution in [1.82, 2.24) is 0 Å². The fraction of sp³-hybridized carbons (Fsp3) is 0.800. The van der Waals surface area contributed by atoms with Gasteiger partial charge in [0.25, 0.3) is 0 Å². The smallest absolute Gasteiger partial charge is 0.0155 e. The summed E-state index contributed by atoms with van der Waals surface area (Å²) < 4.78 is 20.2. The van der Waals surface area contributed by atoms with Crippen LogP contribution in [0, 0.1) is 0 Å². The van der Waals surface area contributed by atoms with Gasteiger partial charge in [-0.1, -0.05) is 45.1 Å². The van der Waals surface area contributed by atoms with Gasteiger partial charge >= 0.3 is 0 Å². The maximum Gasteiger partial charge on any atom is -0.0155 e. The molecule has 0 radical (unpaired) electrons. The number of allylic oxidation sites excluding steroid dienone is 1. The van der Waals surface area contributed by atoms with Gasteiger partial charge in [0.05, 0.1) is 0 Å². The van der Waals surface area contributed by atoms with Gasteiger partial charge in [-0.3, -0.25) is 4.21 Å². The molecule has 3 heteroatoms. The summed E-state index contributed by atoms with van der Waals surface area (Å²) in [6.45, 7) is 2.20. The molecule has 0 aromatic rings. The second kappa shape index (κ2) is 9.93. The molecule has 0 bridgehead atoms. The highest BCUT2D eigenvalue weighted by molar-refractivity contribution is 7.82. The van der Waals surface area contributed by atoms with Crippen molar-refractivity contribution in [1.29, 1.82) is 0 Å². The molecule has 2 nitrogen and oxygen atoms in total. The number of hydrogen-bond acceptors (Lipinski definition) is 2. The molecule has 0 amide bonds. The molecule has 0 saturated heterocycles. The van der Waals surface area contributed by atoms with Crippen LogP contribution in [0.1, 0.15) is 51.9 Å². The summed E-state index contributed by atoms with van der Waals surface area (Å²) in [5.74, 6) is 0. The molecule has 1 unspecified atom stereocenters. The Labute approximate surface area is 83.7 Å². The fourth-order valence-corrected chi connectivity index (χ4v) is 1.48. The van der Waals surface area contributed by atoms with Crippen molar-refractivity contribution in [3.63, 3.8) is 0 Å². The third kappa shape index (κ3) is 11.9. The van der Waals surface area contributed by atoms with Crippen LogP contribution < -0.4 is 0 Å². The topological polar surface area (TPSA) is 40.1 Å². The van der Waals surface area contributed by atoms with Gasteiger partial charge < -0.3 is 4.55 Å². The van der Waals surface area contributed by atoms with E-state index in [-0.39, 0.29) is 0 Å². The quantitative estimate of drug-likeness (QED) is 0.449. The molecule has 1 atom stereocenters. The van der Waals surface area contributed by atoms with Gasteiger partial charge in [0.2, 0.25) is 0 Å². The molecule has 0 aromatic carbocycles. The largest absolute Gasteiger partial charge is 0.769 e. The Hall–Kier alpha value is -0.150. The highest BCUT2D eigenvalue weighted by Gasteiger charge is 1.87. The highest BCUT2D eigenvalue weighted by atomic mass is 32.2. The predicted octanol–water partition coefficient (Wildman–Crippen LogP) is 3.13. The summed E-state index contributed by atoms with van der Waals surface area (Å²) in [5.41, 5.74) is 0. The second-order valence-corrected chi connectivity index (χ2v) is 3.98. The summed E-state index contributed by atoms with van der Waals surface area (Å²) in [7, 11) is 0. The number of rotatable bonds is 8. The Kier molecular flexibility index (Phi) is 9.82. The van der Waals surface area contributed by atoms with Crippen LogP contribution in [-0.4, -0.2) is 8.76 Å². The lowest BCUT2D eigenvalue weighted by Crippen LogP contribution is -1.79. The number of hydrogen-bond donors (Lipinski definition) is 0. The third-order valence-corrected chi connectivity index (χ3v) is 2.35. The highest BCUT2D eigenvalue weighted by Crippen LogP contribution is 2.07. The Morgan fingerprint density at radius 1 is 1.15 bits per heavy atom. The number of unbranched alkanes of at least 4 members (excludes halogenated alkanes) is 6. The normalized spacial score (nSPS) is 13.7. The van der Waals surface area contributed by atoms with Crippen molar-refractivity contribution < 1.29 is 8.76 Å². The van der Waals surface area contributed by atoms with E-state index in [9.17, 15) is 8.76 Å². The third-order valence-electron chi connectivity index (χ3n) is 1.93. The Balaban J connectivity index is 3.03. The SMILES string of the molecule is CCCCCCCCC=CS(=O)[O-]. The molecular formula is C10H19O2S-. The van der Waals surface area contributed by atoms with E-state index >= 15 is 0 Å². The first-order chi connectivity index (χ1) is 6.27. The zero-order chi connectivity index (χ0) is 9.94. The van der Waals surface area contributed by atoms with Crippen molar-refractivity contribution in [3.05, 3.63) is 11.5 Å². The van der Waals surface area contributed by atoms with Gasteiger partial charge in [-0.25, -0.2) is 0 Å². The van der Waals surface area contributed by atoms with Crippen LogP contribution in [0.3, 0.4) is 0 Å². The Bertz CT molecular complexity index is 155. The van der Waals surface area contributed by atoms with Crippen LogP contribution in [0.15, 0.2) is 11.5 Å². The average Bonchev–Trinajstić information content (AvgIpc) is 2.09. The molecule has 0 aliphatic rings. The van der Waals surface area contributed by atoms with Crippen LogP contribution in [0.5, 0.6) is 0 Å². The van der Waals surface area contributed by atoms with Gasteiger partial charge in [-0.2, -0.15) is 0 Å². The molecule has 78 valence electrons. The fourth-order valence-electron chi connectivity index (χ4n) is 1.19. The van der Waals surface area contributed by atoms with E-state index in [1.54, 1.807) is 6.08 Å². The van der Waals surface area contributed by atoms with Gasteiger partial charge in [0.15, 0.2) is 0 Å². The molecule has 0 saturated carbocycles. The Morgan fingerprint density at radius 2 is 1.77 bits per heavy atom. The van der Waals surface area contributed by atoms with Crippen LogP contribution in [0.25, 0.3) is 0 Å². The standard InChI is InChI=1S/C10H20O2S/c1-2-3-4-5-6-7-8-9-10-13(11)12/h9-10H,2-8H2,1H3,(H,11,12)/p-1. The van der Waals surface area contributed by atoms with Crippen molar-refractivity contribution in [2.75, 3.05) is 0 Å². The molecule has 13 heavy (non-hydrogen) atoms. The molecule has 0 rings (SSSR count). The van der Waals surface area contributed by atoms with E-state index < -0.39 is 11.1 Å². The van der Waals surface area contributed by atoms with E-state index in [4.69, 9.17) is 0 Å². The molecule has 0 heterocycles. The summed E-state index contributed by atoms with van der Waals surface area (Å²) in [4.78, 5) is 0. The molecular weight excluding hydrogens is 184 g/mol. The second-order valence-electron chi connectivity index (χ2n) is 3.19.